The number of carboxylic acids is 1. The first kappa shape index (κ1) is 17.8. The Morgan fingerprint density at radius 2 is 1.90 bits per heavy atom. The van der Waals surface area contributed by atoms with Gasteiger partial charge in [-0.05, 0) is 32.4 Å². The van der Waals surface area contributed by atoms with Gasteiger partial charge in [-0.2, -0.15) is 0 Å². The number of carboxylic acid groups (broad SMARTS) is 1. The molecule has 0 spiro atoms. The average Bonchev–Trinajstić information content (AvgIpc) is 2.75. The van der Waals surface area contributed by atoms with Crippen LogP contribution in [0.3, 0.4) is 0 Å². The molecule has 0 saturated carbocycles. The van der Waals surface area contributed by atoms with Crippen LogP contribution in [0.1, 0.15) is 27.2 Å². The second-order valence-corrected chi connectivity index (χ2v) is 6.67. The van der Waals surface area contributed by atoms with Gasteiger partial charge in [0.15, 0.2) is 0 Å². The third-order valence-corrected chi connectivity index (χ3v) is 3.87. The highest BCUT2D eigenvalue weighted by Crippen LogP contribution is 2.25. The molecule has 0 aromatic heterocycles. The highest BCUT2D eigenvalue weighted by Gasteiger charge is 2.41. The molecule has 21 heavy (non-hydrogen) atoms. The number of likely N-dealkylation sites (tertiary alicyclic amines) is 1. The van der Waals surface area contributed by atoms with Crippen LogP contribution >= 0.6 is 0 Å². The minimum Gasteiger partial charge on any atom is -0.480 e. The second-order valence-electron chi connectivity index (χ2n) is 6.67. The second kappa shape index (κ2) is 7.64. The van der Waals surface area contributed by atoms with Gasteiger partial charge in [0.2, 0.25) is 0 Å². The molecule has 2 atom stereocenters. The summed E-state index contributed by atoms with van der Waals surface area (Å²) in [5, 5.41) is 9.36. The summed E-state index contributed by atoms with van der Waals surface area (Å²) in [6, 6.07) is -0.825. The summed E-state index contributed by atoms with van der Waals surface area (Å²) >= 11 is 0. The van der Waals surface area contributed by atoms with Gasteiger partial charge in [0.1, 0.15) is 6.04 Å². The Labute approximate surface area is 127 Å². The van der Waals surface area contributed by atoms with Crippen molar-refractivity contribution in [1.29, 1.82) is 0 Å². The van der Waals surface area contributed by atoms with E-state index in [0.29, 0.717) is 25.6 Å². The number of rotatable bonds is 6. The van der Waals surface area contributed by atoms with Crippen LogP contribution in [0.15, 0.2) is 0 Å². The highest BCUT2D eigenvalue weighted by atomic mass is 16.4. The maximum atomic E-state index is 12.7. The molecular weight excluding hydrogens is 270 g/mol. The first-order valence-electron chi connectivity index (χ1n) is 7.67. The lowest BCUT2D eigenvalue weighted by Gasteiger charge is -2.32. The maximum Gasteiger partial charge on any atom is 0.326 e. The first-order chi connectivity index (χ1) is 9.73. The van der Waals surface area contributed by atoms with Gasteiger partial charge >= 0.3 is 12.0 Å². The summed E-state index contributed by atoms with van der Waals surface area (Å²) in [6.45, 7) is 8.63. The zero-order valence-corrected chi connectivity index (χ0v) is 13.9. The molecule has 2 unspecified atom stereocenters. The molecule has 0 radical (unpaired) electrons. The Morgan fingerprint density at radius 3 is 2.38 bits per heavy atom. The molecule has 1 rings (SSSR count). The van der Waals surface area contributed by atoms with Crippen molar-refractivity contribution in [2.75, 3.05) is 40.3 Å². The van der Waals surface area contributed by atoms with Crippen LogP contribution in [0.4, 0.5) is 4.79 Å². The summed E-state index contributed by atoms with van der Waals surface area (Å²) in [6.07, 6.45) is 0.756. The van der Waals surface area contributed by atoms with Crippen LogP contribution in [-0.2, 0) is 4.79 Å². The fraction of sp³-hybridized carbons (Fsp3) is 0.867. The molecule has 0 aromatic rings. The van der Waals surface area contributed by atoms with E-state index in [1.54, 1.807) is 4.90 Å². The topological polar surface area (TPSA) is 64.1 Å². The van der Waals surface area contributed by atoms with Crippen molar-refractivity contribution in [3.05, 3.63) is 0 Å². The number of hydrogen-bond acceptors (Lipinski definition) is 3. The summed E-state index contributed by atoms with van der Waals surface area (Å²) in [5.41, 5.74) is 0. The van der Waals surface area contributed by atoms with Crippen molar-refractivity contribution < 1.29 is 14.7 Å². The van der Waals surface area contributed by atoms with E-state index in [4.69, 9.17) is 0 Å². The van der Waals surface area contributed by atoms with Gasteiger partial charge < -0.3 is 19.8 Å². The van der Waals surface area contributed by atoms with Crippen LogP contribution in [0.25, 0.3) is 0 Å². The summed E-state index contributed by atoms with van der Waals surface area (Å²) in [5.74, 6) is -0.522. The predicted molar refractivity (Wildman–Crippen MR) is 82.3 cm³/mol. The van der Waals surface area contributed by atoms with Gasteiger partial charge in [-0.3, -0.25) is 0 Å². The van der Waals surface area contributed by atoms with Crippen LogP contribution in [0, 0.1) is 11.8 Å². The third-order valence-electron chi connectivity index (χ3n) is 3.87. The van der Waals surface area contributed by atoms with Crippen LogP contribution in [0.5, 0.6) is 0 Å². The number of hydrogen-bond donors (Lipinski definition) is 1. The number of carbonyl (C=O) groups excluding carboxylic acids is 1. The minimum atomic E-state index is -0.898. The van der Waals surface area contributed by atoms with E-state index >= 15 is 0 Å². The van der Waals surface area contributed by atoms with E-state index in [-0.39, 0.29) is 11.9 Å². The van der Waals surface area contributed by atoms with Crippen LogP contribution in [0.2, 0.25) is 0 Å². The van der Waals surface area contributed by atoms with Crippen molar-refractivity contribution >= 4 is 12.0 Å². The molecule has 0 aliphatic carbocycles. The van der Waals surface area contributed by atoms with Crippen LogP contribution < -0.4 is 0 Å². The monoisotopic (exact) mass is 299 g/mol. The van der Waals surface area contributed by atoms with Crippen molar-refractivity contribution in [3.63, 3.8) is 0 Å². The predicted octanol–water partition coefficient (Wildman–Crippen LogP) is 1.42. The minimum absolute atomic E-state index is 0.0150. The molecule has 6 nitrogen and oxygen atoms in total. The number of likely N-dealkylation sites (N-methyl/N-ethyl adjacent to an activating group) is 1. The molecule has 1 aliphatic heterocycles. The molecule has 0 aromatic carbocycles. The fourth-order valence-corrected chi connectivity index (χ4v) is 2.75. The molecule has 2 amide bonds. The van der Waals surface area contributed by atoms with Gasteiger partial charge in [0, 0.05) is 26.2 Å². The van der Waals surface area contributed by atoms with E-state index < -0.39 is 12.0 Å². The van der Waals surface area contributed by atoms with Gasteiger partial charge in [0.25, 0.3) is 0 Å². The van der Waals surface area contributed by atoms with Gasteiger partial charge in [0.05, 0.1) is 0 Å². The average molecular weight is 299 g/mol. The van der Waals surface area contributed by atoms with Gasteiger partial charge in [-0.15, -0.1) is 0 Å². The number of urea groups is 1. The number of carbonyl (C=O) groups is 2. The summed E-state index contributed by atoms with van der Waals surface area (Å²) in [4.78, 5) is 29.5. The van der Waals surface area contributed by atoms with E-state index in [1.807, 2.05) is 25.9 Å². The number of aliphatic carboxylic acids is 1. The number of amides is 2. The largest absolute Gasteiger partial charge is 0.480 e. The molecule has 1 heterocycles. The normalized spacial score (nSPS) is 22.1. The highest BCUT2D eigenvalue weighted by molar-refractivity contribution is 5.83. The lowest BCUT2D eigenvalue weighted by atomic mass is 10.0. The number of nitrogens with zero attached hydrogens (tertiary/aromatic N) is 3. The fourth-order valence-electron chi connectivity index (χ4n) is 2.75. The Bertz CT molecular complexity index is 371. The Morgan fingerprint density at radius 1 is 1.29 bits per heavy atom. The zero-order valence-electron chi connectivity index (χ0n) is 13.9. The molecular formula is C15H29N3O3. The third kappa shape index (κ3) is 4.88. The van der Waals surface area contributed by atoms with Crippen molar-refractivity contribution in [3.8, 4) is 0 Å². The molecule has 1 N–H and O–H groups in total. The quantitative estimate of drug-likeness (QED) is 0.805. The van der Waals surface area contributed by atoms with Crippen molar-refractivity contribution in [2.45, 2.75) is 33.2 Å². The first-order valence-corrected chi connectivity index (χ1v) is 7.67. The standard InChI is InChI=1S/C15H29N3O3/c1-11(2)10-17(9-8-16(4)5)15(21)18-7-6-12(3)13(18)14(19)20/h11-13H,6-10H2,1-5H3,(H,19,20). The van der Waals surface area contributed by atoms with E-state index in [2.05, 4.69) is 13.8 Å². The smallest absolute Gasteiger partial charge is 0.326 e. The summed E-state index contributed by atoms with van der Waals surface area (Å²) in [7, 11) is 3.94. The zero-order chi connectivity index (χ0) is 16.2. The molecule has 1 saturated heterocycles. The molecule has 122 valence electrons. The van der Waals surface area contributed by atoms with Gasteiger partial charge in [-0.25, -0.2) is 9.59 Å². The molecule has 0 bridgehead atoms. The van der Waals surface area contributed by atoms with E-state index in [1.165, 1.54) is 4.90 Å². The molecule has 1 fully saturated rings. The lowest BCUT2D eigenvalue weighted by Crippen LogP contribution is -2.51. The maximum absolute atomic E-state index is 12.7. The van der Waals surface area contributed by atoms with Crippen molar-refractivity contribution in [1.82, 2.24) is 14.7 Å². The Kier molecular flexibility index (Phi) is 6.45. The van der Waals surface area contributed by atoms with E-state index in [9.17, 15) is 14.7 Å². The lowest BCUT2D eigenvalue weighted by molar-refractivity contribution is -0.142. The van der Waals surface area contributed by atoms with E-state index in [0.717, 1.165) is 13.0 Å². The van der Waals surface area contributed by atoms with Crippen LogP contribution in [-0.4, -0.2) is 78.1 Å². The summed E-state index contributed by atoms with van der Waals surface area (Å²) < 4.78 is 0. The Balaban J connectivity index is 2.80. The molecule has 1 aliphatic rings. The SMILES string of the molecule is CC(C)CN(CCN(C)C)C(=O)N1CCC(C)C1C(=O)O. The Hall–Kier alpha value is -1.30. The molecule has 6 heteroatoms. The van der Waals surface area contributed by atoms with Crippen molar-refractivity contribution in [2.24, 2.45) is 11.8 Å². The van der Waals surface area contributed by atoms with Gasteiger partial charge in [-0.1, -0.05) is 20.8 Å².